The van der Waals surface area contributed by atoms with Crippen molar-refractivity contribution in [2.45, 2.75) is 19.5 Å². The lowest BCUT2D eigenvalue weighted by Crippen LogP contribution is -2.30. The summed E-state index contributed by atoms with van der Waals surface area (Å²) in [4.78, 5) is 14.2. The van der Waals surface area contributed by atoms with E-state index in [1.165, 1.54) is 12.4 Å². The summed E-state index contributed by atoms with van der Waals surface area (Å²) in [6, 6.07) is 0. The van der Waals surface area contributed by atoms with Gasteiger partial charge in [-0.1, -0.05) is 6.92 Å². The van der Waals surface area contributed by atoms with E-state index in [0.717, 1.165) is 0 Å². The number of rotatable bonds is 3. The van der Waals surface area contributed by atoms with Crippen LogP contribution in [0.25, 0.3) is 0 Å². The number of nitrogens with one attached hydrogen (secondary N) is 1. The van der Waals surface area contributed by atoms with E-state index in [1.54, 1.807) is 0 Å². The van der Waals surface area contributed by atoms with E-state index in [4.69, 9.17) is 0 Å². The molecular weight excluding hydrogens is 163 g/mol. The minimum Gasteiger partial charge on any atom is -0.370 e. The number of hydroxylamine groups is 1. The number of hydrogen-bond acceptors (Lipinski definition) is 3. The second-order valence-electron chi connectivity index (χ2n) is 1.76. The Bertz CT molecular complexity index is 134. The molecule has 6 heteroatoms. The minimum atomic E-state index is -4.35. The Labute approximate surface area is 61.5 Å². The molecule has 0 amide bonds. The first-order valence-electron chi connectivity index (χ1n) is 2.95. The monoisotopic (exact) mass is 171 g/mol. The predicted molar refractivity (Wildman–Crippen MR) is 30.4 cm³/mol. The second-order valence-corrected chi connectivity index (χ2v) is 1.76. The molecule has 0 fully saturated rings. The van der Waals surface area contributed by atoms with Crippen LogP contribution in [0, 0.1) is 0 Å². The zero-order chi connectivity index (χ0) is 8.91. The van der Waals surface area contributed by atoms with Crippen molar-refractivity contribution in [3.05, 3.63) is 0 Å². The zero-order valence-electron chi connectivity index (χ0n) is 5.86. The molecule has 66 valence electrons. The highest BCUT2D eigenvalue weighted by atomic mass is 19.4. The molecule has 0 aliphatic heterocycles. The summed E-state index contributed by atoms with van der Waals surface area (Å²) in [6.07, 6.45) is -4.31. The van der Waals surface area contributed by atoms with Crippen molar-refractivity contribution in [1.82, 2.24) is 5.48 Å². The summed E-state index contributed by atoms with van der Waals surface area (Å²) < 4.78 is 34.1. The summed E-state index contributed by atoms with van der Waals surface area (Å²) >= 11 is 0. The van der Waals surface area contributed by atoms with Gasteiger partial charge in [-0.15, -0.1) is 5.48 Å². The number of hydrogen-bond donors (Lipinski definition) is 1. The van der Waals surface area contributed by atoms with Crippen LogP contribution in [0.15, 0.2) is 0 Å². The molecule has 0 spiro atoms. The molecule has 0 aromatic rings. The highest BCUT2D eigenvalue weighted by molar-refractivity contribution is 5.68. The van der Waals surface area contributed by atoms with Gasteiger partial charge in [-0.25, -0.2) is 0 Å². The van der Waals surface area contributed by atoms with Gasteiger partial charge in [0.25, 0.3) is 0 Å². The highest BCUT2D eigenvalue weighted by Gasteiger charge is 2.27. The first-order valence-corrected chi connectivity index (χ1v) is 2.95. The van der Waals surface area contributed by atoms with E-state index in [-0.39, 0.29) is 6.42 Å². The molecule has 0 rings (SSSR count). The third-order valence-electron chi connectivity index (χ3n) is 0.747. The van der Waals surface area contributed by atoms with E-state index in [2.05, 4.69) is 4.84 Å². The summed E-state index contributed by atoms with van der Waals surface area (Å²) in [5.74, 6) is -0.714. The molecule has 0 saturated carbocycles. The summed E-state index contributed by atoms with van der Waals surface area (Å²) in [6.45, 7) is 0.163. The molecule has 0 heterocycles. The maximum atomic E-state index is 11.4. The fourth-order valence-electron chi connectivity index (χ4n) is 0.271. The first-order chi connectivity index (χ1) is 4.95. The van der Waals surface area contributed by atoms with Crippen LogP contribution in [0.2, 0.25) is 0 Å². The van der Waals surface area contributed by atoms with Gasteiger partial charge in [0.1, 0.15) is 6.54 Å². The van der Waals surface area contributed by atoms with Crippen molar-refractivity contribution in [2.24, 2.45) is 0 Å². The summed E-state index contributed by atoms with van der Waals surface area (Å²) in [5.41, 5.74) is 1.50. The van der Waals surface area contributed by atoms with Gasteiger partial charge >= 0.3 is 12.1 Å². The van der Waals surface area contributed by atoms with Crippen molar-refractivity contribution in [3.63, 3.8) is 0 Å². The van der Waals surface area contributed by atoms with Crippen molar-refractivity contribution in [2.75, 3.05) is 6.54 Å². The third kappa shape index (κ3) is 7.11. The highest BCUT2D eigenvalue weighted by Crippen LogP contribution is 2.11. The standard InChI is InChI=1S/C5H8F3NO2/c1-2-4(10)11-9-3-5(6,7)8/h9H,2-3H2,1H3. The first kappa shape index (κ1) is 10.2. The fraction of sp³-hybridized carbons (Fsp3) is 0.800. The maximum absolute atomic E-state index is 11.4. The normalized spacial score (nSPS) is 11.3. The van der Waals surface area contributed by atoms with E-state index in [9.17, 15) is 18.0 Å². The van der Waals surface area contributed by atoms with E-state index >= 15 is 0 Å². The molecule has 0 unspecified atom stereocenters. The van der Waals surface area contributed by atoms with Crippen LogP contribution < -0.4 is 5.48 Å². The van der Waals surface area contributed by atoms with Gasteiger partial charge in [-0.2, -0.15) is 13.2 Å². The molecule has 0 atom stereocenters. The lowest BCUT2D eigenvalue weighted by Gasteiger charge is -2.06. The number of carbonyl (C=O) groups excluding carboxylic acids is 1. The van der Waals surface area contributed by atoms with Crippen LogP contribution in [0.1, 0.15) is 13.3 Å². The quantitative estimate of drug-likeness (QED) is 0.644. The molecule has 0 aromatic carbocycles. The van der Waals surface area contributed by atoms with Crippen LogP contribution in [-0.2, 0) is 9.63 Å². The SMILES string of the molecule is CCC(=O)ONCC(F)(F)F. The molecular formula is C5H8F3NO2. The number of carbonyl (C=O) groups is 1. The van der Waals surface area contributed by atoms with Gasteiger partial charge in [-0.3, -0.25) is 4.79 Å². The van der Waals surface area contributed by atoms with Gasteiger partial charge in [0, 0.05) is 6.42 Å². The van der Waals surface area contributed by atoms with Crippen molar-refractivity contribution in [1.29, 1.82) is 0 Å². The van der Waals surface area contributed by atoms with Crippen LogP contribution in [-0.4, -0.2) is 18.7 Å². The van der Waals surface area contributed by atoms with Gasteiger partial charge in [0.2, 0.25) is 0 Å². The fourth-order valence-corrected chi connectivity index (χ4v) is 0.271. The summed E-state index contributed by atoms with van der Waals surface area (Å²) in [7, 11) is 0. The smallest absolute Gasteiger partial charge is 0.370 e. The Balaban J connectivity index is 3.35. The van der Waals surface area contributed by atoms with Crippen LogP contribution in [0.4, 0.5) is 13.2 Å². The Kier molecular flexibility index (Phi) is 3.88. The topological polar surface area (TPSA) is 38.3 Å². The van der Waals surface area contributed by atoms with Gasteiger partial charge in [0.05, 0.1) is 0 Å². The molecule has 0 saturated heterocycles. The van der Waals surface area contributed by atoms with Gasteiger partial charge < -0.3 is 4.84 Å². The Morgan fingerprint density at radius 3 is 2.45 bits per heavy atom. The van der Waals surface area contributed by atoms with E-state index < -0.39 is 18.7 Å². The Morgan fingerprint density at radius 2 is 2.09 bits per heavy atom. The lowest BCUT2D eigenvalue weighted by atomic mass is 10.5. The molecule has 1 N–H and O–H groups in total. The number of alkyl halides is 3. The van der Waals surface area contributed by atoms with Gasteiger partial charge in [-0.05, 0) is 0 Å². The van der Waals surface area contributed by atoms with E-state index in [0.29, 0.717) is 0 Å². The Morgan fingerprint density at radius 1 is 1.55 bits per heavy atom. The summed E-state index contributed by atoms with van der Waals surface area (Å²) in [5, 5.41) is 0. The molecule has 3 nitrogen and oxygen atoms in total. The second kappa shape index (κ2) is 4.17. The van der Waals surface area contributed by atoms with Gasteiger partial charge in [0.15, 0.2) is 0 Å². The van der Waals surface area contributed by atoms with Crippen molar-refractivity contribution >= 4 is 5.97 Å². The lowest BCUT2D eigenvalue weighted by molar-refractivity contribution is -0.167. The molecule has 0 aliphatic carbocycles. The molecule has 11 heavy (non-hydrogen) atoms. The number of halogens is 3. The molecule has 0 radical (unpaired) electrons. The van der Waals surface area contributed by atoms with Crippen LogP contribution in [0.5, 0.6) is 0 Å². The van der Waals surface area contributed by atoms with Crippen LogP contribution in [0.3, 0.4) is 0 Å². The maximum Gasteiger partial charge on any atom is 0.404 e. The average Bonchev–Trinajstić information content (AvgIpc) is 1.85. The molecule has 0 bridgehead atoms. The minimum absolute atomic E-state index is 0.0465. The van der Waals surface area contributed by atoms with Crippen molar-refractivity contribution < 1.29 is 22.8 Å². The predicted octanol–water partition coefficient (Wildman–Crippen LogP) is 1.01. The zero-order valence-corrected chi connectivity index (χ0v) is 5.86. The molecule has 0 aromatic heterocycles. The third-order valence-corrected chi connectivity index (χ3v) is 0.747. The largest absolute Gasteiger partial charge is 0.404 e. The Hall–Kier alpha value is -0.780. The van der Waals surface area contributed by atoms with E-state index in [1.807, 2.05) is 0 Å². The average molecular weight is 171 g/mol. The molecule has 0 aliphatic rings. The van der Waals surface area contributed by atoms with Crippen LogP contribution >= 0.6 is 0 Å². The van der Waals surface area contributed by atoms with Crippen molar-refractivity contribution in [3.8, 4) is 0 Å².